The number of amides is 1. The number of thioether (sulfide) groups is 1. The summed E-state index contributed by atoms with van der Waals surface area (Å²) in [5.74, 6) is 2.56. The molecule has 0 aromatic carbocycles. The zero-order valence-electron chi connectivity index (χ0n) is 16.1. The van der Waals surface area contributed by atoms with Crippen LogP contribution in [0.5, 0.6) is 0 Å². The summed E-state index contributed by atoms with van der Waals surface area (Å²) in [5, 5.41) is 0.717. The number of morpholine rings is 1. The fourth-order valence-electron chi connectivity index (χ4n) is 2.93. The third-order valence-electron chi connectivity index (χ3n) is 4.42. The number of nitrogens with zero attached hydrogens (tertiary/aromatic N) is 4. The molecule has 0 radical (unpaired) electrons. The van der Waals surface area contributed by atoms with Gasteiger partial charge in [0.25, 0.3) is 5.91 Å². The third kappa shape index (κ3) is 5.01. The Morgan fingerprint density at radius 2 is 1.96 bits per heavy atom. The van der Waals surface area contributed by atoms with Crippen molar-refractivity contribution in [3.63, 3.8) is 0 Å². The quantitative estimate of drug-likeness (QED) is 0.531. The molecule has 1 fully saturated rings. The van der Waals surface area contributed by atoms with Crippen molar-refractivity contribution in [1.29, 1.82) is 0 Å². The smallest absolute Gasteiger partial charge is 0.289 e. The van der Waals surface area contributed by atoms with E-state index in [1.54, 1.807) is 11.0 Å². The molecule has 2 aromatic rings. The van der Waals surface area contributed by atoms with Gasteiger partial charge >= 0.3 is 0 Å². The molecule has 1 aliphatic heterocycles. The number of aromatic nitrogens is 2. The van der Waals surface area contributed by atoms with Gasteiger partial charge in [-0.1, -0.05) is 11.8 Å². The van der Waals surface area contributed by atoms with Gasteiger partial charge in [-0.3, -0.25) is 4.79 Å². The van der Waals surface area contributed by atoms with E-state index in [9.17, 15) is 4.79 Å². The lowest BCUT2D eigenvalue weighted by molar-refractivity contribution is 0.0282. The standard InChI is InChI=1S/C19H26N4O3S/c1-4-22(5-2)17-12-14(3)20-19(21-17)27-13-15-6-7-16(26-15)18(24)23-8-10-25-11-9-23/h6-7,12H,4-5,8-11,13H2,1-3H3. The largest absolute Gasteiger partial charge is 0.455 e. The number of ether oxygens (including phenoxy) is 1. The third-order valence-corrected chi connectivity index (χ3v) is 5.29. The molecule has 7 nitrogen and oxygen atoms in total. The minimum absolute atomic E-state index is 0.0785. The van der Waals surface area contributed by atoms with E-state index < -0.39 is 0 Å². The second-order valence-corrected chi connectivity index (χ2v) is 7.22. The van der Waals surface area contributed by atoms with E-state index in [1.807, 2.05) is 19.1 Å². The maximum Gasteiger partial charge on any atom is 0.289 e. The van der Waals surface area contributed by atoms with Gasteiger partial charge < -0.3 is 19.0 Å². The van der Waals surface area contributed by atoms with Gasteiger partial charge in [0, 0.05) is 37.9 Å². The van der Waals surface area contributed by atoms with E-state index in [0.29, 0.717) is 43.0 Å². The van der Waals surface area contributed by atoms with Gasteiger partial charge in [-0.25, -0.2) is 9.97 Å². The first-order valence-electron chi connectivity index (χ1n) is 9.29. The van der Waals surface area contributed by atoms with Crippen molar-refractivity contribution >= 4 is 23.5 Å². The van der Waals surface area contributed by atoms with E-state index in [1.165, 1.54) is 11.8 Å². The van der Waals surface area contributed by atoms with Crippen molar-refractivity contribution in [3.8, 4) is 0 Å². The predicted molar refractivity (Wildman–Crippen MR) is 105 cm³/mol. The molecular weight excluding hydrogens is 364 g/mol. The highest BCUT2D eigenvalue weighted by molar-refractivity contribution is 7.98. The lowest BCUT2D eigenvalue weighted by Gasteiger charge is -2.25. The van der Waals surface area contributed by atoms with Crippen LogP contribution < -0.4 is 4.90 Å². The van der Waals surface area contributed by atoms with Crippen molar-refractivity contribution in [3.05, 3.63) is 35.4 Å². The Morgan fingerprint density at radius 1 is 1.22 bits per heavy atom. The molecule has 3 heterocycles. The topological polar surface area (TPSA) is 71.7 Å². The monoisotopic (exact) mass is 390 g/mol. The Labute approximate surface area is 164 Å². The SMILES string of the molecule is CCN(CC)c1cc(C)nc(SCc2ccc(C(=O)N3CCOCC3)o2)n1. The van der Waals surface area contributed by atoms with E-state index in [4.69, 9.17) is 9.15 Å². The van der Waals surface area contributed by atoms with Crippen LogP contribution in [-0.2, 0) is 10.5 Å². The van der Waals surface area contributed by atoms with Gasteiger partial charge in [0.05, 0.1) is 19.0 Å². The van der Waals surface area contributed by atoms with Crippen molar-refractivity contribution in [2.24, 2.45) is 0 Å². The molecule has 0 atom stereocenters. The molecule has 146 valence electrons. The number of aryl methyl sites for hydroxylation is 1. The minimum Gasteiger partial charge on any atom is -0.455 e. The number of furan rings is 1. The lowest BCUT2D eigenvalue weighted by Crippen LogP contribution is -2.40. The van der Waals surface area contributed by atoms with Crippen molar-refractivity contribution in [2.45, 2.75) is 31.7 Å². The average Bonchev–Trinajstić information content (AvgIpc) is 3.16. The second kappa shape index (κ2) is 9.23. The van der Waals surface area contributed by atoms with Crippen molar-refractivity contribution in [2.75, 3.05) is 44.3 Å². The Morgan fingerprint density at radius 3 is 2.67 bits per heavy atom. The number of rotatable bonds is 7. The van der Waals surface area contributed by atoms with E-state index in [0.717, 1.165) is 30.4 Å². The van der Waals surface area contributed by atoms with Crippen LogP contribution in [0.1, 0.15) is 35.9 Å². The summed E-state index contributed by atoms with van der Waals surface area (Å²) in [4.78, 5) is 25.6. The van der Waals surface area contributed by atoms with Gasteiger partial charge in [-0.2, -0.15) is 0 Å². The minimum atomic E-state index is -0.0785. The molecule has 0 unspecified atom stereocenters. The highest BCUT2D eigenvalue weighted by atomic mass is 32.2. The van der Waals surface area contributed by atoms with Gasteiger partial charge in [0.15, 0.2) is 10.9 Å². The van der Waals surface area contributed by atoms with Crippen LogP contribution in [0.2, 0.25) is 0 Å². The Kier molecular flexibility index (Phi) is 6.73. The summed E-state index contributed by atoms with van der Waals surface area (Å²) < 4.78 is 11.0. The zero-order valence-corrected chi connectivity index (χ0v) is 16.9. The average molecular weight is 391 g/mol. The van der Waals surface area contributed by atoms with Crippen LogP contribution in [-0.4, -0.2) is 60.2 Å². The maximum atomic E-state index is 12.5. The summed E-state index contributed by atoms with van der Waals surface area (Å²) in [6.07, 6.45) is 0. The molecule has 0 aliphatic carbocycles. The lowest BCUT2D eigenvalue weighted by atomic mass is 10.3. The first-order chi connectivity index (χ1) is 13.1. The van der Waals surface area contributed by atoms with Crippen LogP contribution in [0.3, 0.4) is 0 Å². The fraction of sp³-hybridized carbons (Fsp3) is 0.526. The maximum absolute atomic E-state index is 12.5. The number of carbonyl (C=O) groups is 1. The van der Waals surface area contributed by atoms with E-state index in [-0.39, 0.29) is 5.91 Å². The van der Waals surface area contributed by atoms with Crippen molar-refractivity contribution in [1.82, 2.24) is 14.9 Å². The Balaban J connectivity index is 1.64. The number of carbonyl (C=O) groups excluding carboxylic acids is 1. The van der Waals surface area contributed by atoms with Gasteiger partial charge in [-0.05, 0) is 32.9 Å². The molecule has 0 N–H and O–H groups in total. The van der Waals surface area contributed by atoms with Crippen molar-refractivity contribution < 1.29 is 13.9 Å². The summed E-state index contributed by atoms with van der Waals surface area (Å²) >= 11 is 1.51. The molecule has 0 saturated carbocycles. The van der Waals surface area contributed by atoms with E-state index in [2.05, 4.69) is 28.7 Å². The number of hydrogen-bond donors (Lipinski definition) is 0. The predicted octanol–water partition coefficient (Wildman–Crippen LogP) is 2.99. The summed E-state index contributed by atoms with van der Waals surface area (Å²) in [7, 11) is 0. The molecule has 0 spiro atoms. The van der Waals surface area contributed by atoms with Crippen LogP contribution in [0.15, 0.2) is 27.8 Å². The van der Waals surface area contributed by atoms with E-state index >= 15 is 0 Å². The first-order valence-corrected chi connectivity index (χ1v) is 10.3. The first kappa shape index (κ1) is 19.7. The fourth-order valence-corrected chi connectivity index (χ4v) is 3.72. The molecule has 3 rings (SSSR count). The zero-order chi connectivity index (χ0) is 19.2. The molecule has 27 heavy (non-hydrogen) atoms. The van der Waals surface area contributed by atoms with Gasteiger partial charge in [-0.15, -0.1) is 0 Å². The molecule has 8 heteroatoms. The Bertz CT molecular complexity index is 770. The normalized spacial score (nSPS) is 14.4. The summed E-state index contributed by atoms with van der Waals surface area (Å²) in [5.41, 5.74) is 0.942. The van der Waals surface area contributed by atoms with Crippen LogP contribution in [0.25, 0.3) is 0 Å². The summed E-state index contributed by atoms with van der Waals surface area (Å²) in [6.45, 7) is 10.4. The highest BCUT2D eigenvalue weighted by Gasteiger charge is 2.21. The molecule has 1 amide bonds. The van der Waals surface area contributed by atoms with Crippen LogP contribution in [0.4, 0.5) is 5.82 Å². The molecular formula is C19H26N4O3S. The molecule has 1 aliphatic rings. The number of anilines is 1. The highest BCUT2D eigenvalue weighted by Crippen LogP contribution is 2.24. The Hall–Kier alpha value is -2.06. The summed E-state index contributed by atoms with van der Waals surface area (Å²) in [6, 6.07) is 5.59. The van der Waals surface area contributed by atoms with Gasteiger partial charge in [0.1, 0.15) is 11.6 Å². The van der Waals surface area contributed by atoms with Gasteiger partial charge in [0.2, 0.25) is 0 Å². The second-order valence-electron chi connectivity index (χ2n) is 6.28. The number of hydrogen-bond acceptors (Lipinski definition) is 7. The molecule has 1 saturated heterocycles. The van der Waals surface area contributed by atoms with Crippen LogP contribution >= 0.6 is 11.8 Å². The molecule has 2 aromatic heterocycles. The molecule has 0 bridgehead atoms. The van der Waals surface area contributed by atoms with Crippen LogP contribution in [0, 0.1) is 6.92 Å².